The van der Waals surface area contributed by atoms with E-state index >= 15 is 0 Å². The first-order valence-corrected chi connectivity index (χ1v) is 8.05. The Bertz CT molecular complexity index is 427. The van der Waals surface area contributed by atoms with Gasteiger partial charge >= 0.3 is 0 Å². The normalized spacial score (nSPS) is 19.4. The van der Waals surface area contributed by atoms with Crippen LogP contribution in [0.25, 0.3) is 0 Å². The van der Waals surface area contributed by atoms with Crippen LogP contribution < -0.4 is 10.1 Å². The Morgan fingerprint density at radius 3 is 2.62 bits per heavy atom. The van der Waals surface area contributed by atoms with Crippen LogP contribution in [0.3, 0.4) is 0 Å². The molecule has 0 saturated heterocycles. The molecule has 1 aromatic rings. The van der Waals surface area contributed by atoms with Crippen molar-refractivity contribution in [3.8, 4) is 5.75 Å². The number of hydrogen-bond acceptors (Lipinski definition) is 4. The van der Waals surface area contributed by atoms with Crippen molar-refractivity contribution in [2.24, 2.45) is 13.0 Å². The second-order valence-corrected chi connectivity index (χ2v) is 5.86. The van der Waals surface area contributed by atoms with Crippen molar-refractivity contribution in [1.82, 2.24) is 15.1 Å². The lowest BCUT2D eigenvalue weighted by Gasteiger charge is -2.35. The molecule has 0 radical (unpaired) electrons. The van der Waals surface area contributed by atoms with Gasteiger partial charge in [-0.1, -0.05) is 26.2 Å². The molecule has 5 heteroatoms. The Hall–Kier alpha value is -1.07. The van der Waals surface area contributed by atoms with Gasteiger partial charge < -0.3 is 14.8 Å². The summed E-state index contributed by atoms with van der Waals surface area (Å²) in [6.07, 6.45) is 8.43. The van der Waals surface area contributed by atoms with Crippen LogP contribution in [0.2, 0.25) is 0 Å². The Balaban J connectivity index is 2.28. The minimum absolute atomic E-state index is 0.116. The number of hydrogen-bond donors (Lipinski definition) is 1. The average Bonchev–Trinajstić information content (AvgIpc) is 2.89. The zero-order valence-corrected chi connectivity index (χ0v) is 13.8. The maximum absolute atomic E-state index is 5.92. The van der Waals surface area contributed by atoms with Crippen molar-refractivity contribution in [1.29, 1.82) is 0 Å². The summed E-state index contributed by atoms with van der Waals surface area (Å²) in [5, 5.41) is 7.93. The van der Waals surface area contributed by atoms with E-state index in [2.05, 4.69) is 17.3 Å². The quantitative estimate of drug-likeness (QED) is 0.840. The molecule has 0 amide bonds. The lowest BCUT2D eigenvalue weighted by atomic mass is 9.81. The van der Waals surface area contributed by atoms with Crippen LogP contribution >= 0.6 is 0 Å². The Morgan fingerprint density at radius 1 is 1.33 bits per heavy atom. The van der Waals surface area contributed by atoms with E-state index < -0.39 is 0 Å². The lowest BCUT2D eigenvalue weighted by molar-refractivity contribution is 0.00541. The number of rotatable bonds is 7. The largest absolute Gasteiger partial charge is 0.493 e. The summed E-state index contributed by atoms with van der Waals surface area (Å²) < 4.78 is 13.3. The summed E-state index contributed by atoms with van der Waals surface area (Å²) in [5.41, 5.74) is 1.08. The molecule has 1 aliphatic carbocycles. The fourth-order valence-corrected chi connectivity index (χ4v) is 3.59. The van der Waals surface area contributed by atoms with Gasteiger partial charge in [0.15, 0.2) is 5.75 Å². The maximum Gasteiger partial charge on any atom is 0.161 e. The number of ether oxygens (including phenoxy) is 2. The summed E-state index contributed by atoms with van der Waals surface area (Å²) in [5.74, 6) is 1.44. The van der Waals surface area contributed by atoms with Gasteiger partial charge in [-0.25, -0.2) is 0 Å². The Labute approximate surface area is 128 Å². The average molecular weight is 295 g/mol. The first kappa shape index (κ1) is 16.3. The van der Waals surface area contributed by atoms with Crippen LogP contribution in [0.5, 0.6) is 5.75 Å². The highest BCUT2D eigenvalue weighted by Crippen LogP contribution is 2.36. The number of nitrogens with one attached hydrogen (secondary N) is 1. The number of aromatic nitrogens is 2. The monoisotopic (exact) mass is 295 g/mol. The summed E-state index contributed by atoms with van der Waals surface area (Å²) in [6, 6.07) is 0.116. The number of methoxy groups -OCH3 is 2. The zero-order chi connectivity index (χ0) is 15.2. The first-order valence-electron chi connectivity index (χ1n) is 8.05. The van der Waals surface area contributed by atoms with E-state index in [-0.39, 0.29) is 12.1 Å². The molecule has 2 atom stereocenters. The van der Waals surface area contributed by atoms with Gasteiger partial charge in [0.1, 0.15) is 0 Å². The van der Waals surface area contributed by atoms with Gasteiger partial charge in [0.25, 0.3) is 0 Å². The highest BCUT2D eigenvalue weighted by atomic mass is 16.5. The third-order valence-corrected chi connectivity index (χ3v) is 4.60. The van der Waals surface area contributed by atoms with E-state index in [0.717, 1.165) is 18.0 Å². The van der Waals surface area contributed by atoms with Gasteiger partial charge in [-0.3, -0.25) is 4.68 Å². The summed E-state index contributed by atoms with van der Waals surface area (Å²) in [4.78, 5) is 0. The third kappa shape index (κ3) is 3.58. The molecular weight excluding hydrogens is 266 g/mol. The van der Waals surface area contributed by atoms with Crippen molar-refractivity contribution in [3.05, 3.63) is 11.9 Å². The first-order chi connectivity index (χ1) is 10.2. The highest BCUT2D eigenvalue weighted by molar-refractivity contribution is 5.29. The molecule has 1 aliphatic rings. The summed E-state index contributed by atoms with van der Waals surface area (Å²) >= 11 is 0. The van der Waals surface area contributed by atoms with E-state index in [1.165, 1.54) is 32.1 Å². The molecule has 0 spiro atoms. The predicted octanol–water partition coefficient (Wildman–Crippen LogP) is 2.67. The minimum Gasteiger partial charge on any atom is -0.493 e. The molecule has 0 aliphatic heterocycles. The highest BCUT2D eigenvalue weighted by Gasteiger charge is 2.34. The molecule has 1 saturated carbocycles. The van der Waals surface area contributed by atoms with Gasteiger partial charge in [-0.05, 0) is 25.3 Å². The molecule has 1 aromatic heterocycles. The van der Waals surface area contributed by atoms with Crippen molar-refractivity contribution < 1.29 is 9.47 Å². The molecule has 1 fully saturated rings. The fourth-order valence-electron chi connectivity index (χ4n) is 3.59. The molecule has 2 unspecified atom stereocenters. The molecule has 0 aromatic carbocycles. The third-order valence-electron chi connectivity index (χ3n) is 4.60. The van der Waals surface area contributed by atoms with Gasteiger partial charge in [0.05, 0.1) is 31.1 Å². The van der Waals surface area contributed by atoms with Crippen molar-refractivity contribution in [2.45, 2.75) is 51.2 Å². The van der Waals surface area contributed by atoms with Crippen LogP contribution in [0.15, 0.2) is 6.20 Å². The van der Waals surface area contributed by atoms with Crippen molar-refractivity contribution in [3.63, 3.8) is 0 Å². The van der Waals surface area contributed by atoms with E-state index in [0.29, 0.717) is 5.92 Å². The Morgan fingerprint density at radius 2 is 2.05 bits per heavy atom. The standard InChI is InChI=1S/C16H29N3O2/c1-5-17-14(15-13(20-3)11-18-19(15)2)16(21-4)12-9-7-6-8-10-12/h11-12,14,16-17H,5-10H2,1-4H3. The second kappa shape index (κ2) is 7.80. The zero-order valence-electron chi connectivity index (χ0n) is 13.8. The maximum atomic E-state index is 5.92. The van der Waals surface area contributed by atoms with E-state index in [4.69, 9.17) is 9.47 Å². The van der Waals surface area contributed by atoms with Gasteiger partial charge in [0, 0.05) is 14.2 Å². The number of aryl methyl sites for hydroxylation is 1. The molecule has 1 N–H and O–H groups in total. The van der Waals surface area contributed by atoms with Crippen molar-refractivity contribution >= 4 is 0 Å². The van der Waals surface area contributed by atoms with Crippen LogP contribution in [-0.4, -0.2) is 36.6 Å². The van der Waals surface area contributed by atoms with Crippen LogP contribution in [0.1, 0.15) is 50.8 Å². The van der Waals surface area contributed by atoms with Crippen molar-refractivity contribution in [2.75, 3.05) is 20.8 Å². The number of likely N-dealkylation sites (N-methyl/N-ethyl adjacent to an activating group) is 1. The van der Waals surface area contributed by atoms with Crippen LogP contribution in [-0.2, 0) is 11.8 Å². The molecule has 5 nitrogen and oxygen atoms in total. The van der Waals surface area contributed by atoms with Crippen LogP contribution in [0.4, 0.5) is 0 Å². The van der Waals surface area contributed by atoms with E-state index in [1.807, 2.05) is 18.8 Å². The fraction of sp³-hybridized carbons (Fsp3) is 0.812. The smallest absolute Gasteiger partial charge is 0.161 e. The predicted molar refractivity (Wildman–Crippen MR) is 83.5 cm³/mol. The van der Waals surface area contributed by atoms with E-state index in [1.54, 1.807) is 13.3 Å². The molecule has 120 valence electrons. The Kier molecular flexibility index (Phi) is 6.06. The van der Waals surface area contributed by atoms with Crippen LogP contribution in [0, 0.1) is 5.92 Å². The van der Waals surface area contributed by atoms with Gasteiger partial charge in [-0.2, -0.15) is 5.10 Å². The second-order valence-electron chi connectivity index (χ2n) is 5.86. The topological polar surface area (TPSA) is 48.3 Å². The minimum atomic E-state index is 0.116. The molecule has 2 rings (SSSR count). The molecule has 21 heavy (non-hydrogen) atoms. The summed E-state index contributed by atoms with van der Waals surface area (Å²) in [6.45, 7) is 3.02. The summed E-state index contributed by atoms with van der Waals surface area (Å²) in [7, 11) is 5.49. The van der Waals surface area contributed by atoms with E-state index in [9.17, 15) is 0 Å². The number of nitrogens with zero attached hydrogens (tertiary/aromatic N) is 2. The molecule has 1 heterocycles. The SMILES string of the molecule is CCNC(c1c(OC)cnn1C)C(OC)C1CCCCC1. The van der Waals surface area contributed by atoms with Gasteiger partial charge in [0.2, 0.25) is 0 Å². The van der Waals surface area contributed by atoms with Gasteiger partial charge in [-0.15, -0.1) is 0 Å². The molecule has 0 bridgehead atoms. The molecular formula is C16H29N3O2. The lowest BCUT2D eigenvalue weighted by Crippen LogP contribution is -2.40.